The minimum atomic E-state index is -0.996. The summed E-state index contributed by atoms with van der Waals surface area (Å²) >= 11 is 1.03. The van der Waals surface area contributed by atoms with Crippen LogP contribution in [-0.4, -0.2) is 40.8 Å². The third-order valence-corrected chi connectivity index (χ3v) is 6.99. The number of carbonyl (C=O) groups excluding carboxylic acids is 3. The standard InChI is InChI=1S/C28H26N2O6S/c1-5-14-36-21-9-7-8-19(15-21)23-22(24(32)18-10-12-20(13-11-18)35-6-2)25(33)27(34)30(23)28-29-16(3)26(37-28)17(4)31/h5,7-13,15,23,32H,1,6,14H2,2-4H3. The van der Waals surface area contributed by atoms with Crippen molar-refractivity contribution in [3.8, 4) is 11.5 Å². The van der Waals surface area contributed by atoms with E-state index in [1.165, 1.54) is 11.8 Å². The average molecular weight is 519 g/mol. The van der Waals surface area contributed by atoms with Gasteiger partial charge in [-0.05, 0) is 55.8 Å². The second-order valence-corrected chi connectivity index (χ2v) is 9.24. The highest BCUT2D eigenvalue weighted by molar-refractivity contribution is 7.18. The molecule has 190 valence electrons. The number of benzene rings is 2. The van der Waals surface area contributed by atoms with Crippen LogP contribution in [0.1, 0.15) is 46.4 Å². The van der Waals surface area contributed by atoms with Crippen LogP contribution in [0.5, 0.6) is 11.5 Å². The Bertz CT molecular complexity index is 1410. The van der Waals surface area contributed by atoms with Gasteiger partial charge in [0.1, 0.15) is 23.9 Å². The summed E-state index contributed by atoms with van der Waals surface area (Å²) < 4.78 is 11.1. The number of aromatic nitrogens is 1. The molecule has 8 nitrogen and oxygen atoms in total. The molecule has 1 aliphatic heterocycles. The van der Waals surface area contributed by atoms with Gasteiger partial charge in [-0.2, -0.15) is 0 Å². The normalized spacial score (nSPS) is 16.6. The maximum atomic E-state index is 13.4. The molecule has 1 aromatic heterocycles. The Hall–Kier alpha value is -4.24. The van der Waals surface area contributed by atoms with Crippen molar-refractivity contribution in [3.63, 3.8) is 0 Å². The predicted octanol–water partition coefficient (Wildman–Crippen LogP) is 5.24. The molecule has 1 N–H and O–H groups in total. The summed E-state index contributed by atoms with van der Waals surface area (Å²) in [6, 6.07) is 12.5. The van der Waals surface area contributed by atoms with Gasteiger partial charge in [-0.25, -0.2) is 4.98 Å². The molecule has 0 spiro atoms. The predicted molar refractivity (Wildman–Crippen MR) is 141 cm³/mol. The molecule has 1 fully saturated rings. The molecule has 3 aromatic rings. The first-order valence-electron chi connectivity index (χ1n) is 11.6. The van der Waals surface area contributed by atoms with Gasteiger partial charge in [0.05, 0.1) is 28.8 Å². The van der Waals surface area contributed by atoms with Crippen molar-refractivity contribution >= 4 is 39.7 Å². The highest BCUT2D eigenvalue weighted by Crippen LogP contribution is 2.44. The first-order valence-corrected chi connectivity index (χ1v) is 12.4. The van der Waals surface area contributed by atoms with Crippen LogP contribution in [0.15, 0.2) is 66.8 Å². The van der Waals surface area contributed by atoms with Gasteiger partial charge in [0.2, 0.25) is 0 Å². The van der Waals surface area contributed by atoms with E-state index in [-0.39, 0.29) is 28.9 Å². The molecule has 4 rings (SSSR count). The Kier molecular flexibility index (Phi) is 7.54. The van der Waals surface area contributed by atoms with Crippen LogP contribution >= 0.6 is 11.3 Å². The number of nitrogens with zero attached hydrogens (tertiary/aromatic N) is 2. The van der Waals surface area contributed by atoms with Crippen molar-refractivity contribution in [2.75, 3.05) is 18.1 Å². The molecule has 37 heavy (non-hydrogen) atoms. The molecule has 2 heterocycles. The van der Waals surface area contributed by atoms with Crippen molar-refractivity contribution < 1.29 is 29.0 Å². The van der Waals surface area contributed by atoms with Crippen LogP contribution in [-0.2, 0) is 9.59 Å². The Morgan fingerprint density at radius 2 is 1.89 bits per heavy atom. The zero-order chi connectivity index (χ0) is 26.7. The molecule has 0 saturated carbocycles. The van der Waals surface area contributed by atoms with E-state index in [2.05, 4.69) is 11.6 Å². The molecule has 1 saturated heterocycles. The van der Waals surface area contributed by atoms with E-state index in [9.17, 15) is 19.5 Å². The fourth-order valence-corrected chi connectivity index (χ4v) is 5.11. The van der Waals surface area contributed by atoms with Gasteiger partial charge >= 0.3 is 5.91 Å². The molecule has 1 unspecified atom stereocenters. The van der Waals surface area contributed by atoms with E-state index < -0.39 is 17.7 Å². The summed E-state index contributed by atoms with van der Waals surface area (Å²) in [4.78, 5) is 44.9. The van der Waals surface area contributed by atoms with Gasteiger partial charge in [-0.15, -0.1) is 0 Å². The van der Waals surface area contributed by atoms with E-state index in [4.69, 9.17) is 9.47 Å². The molecule has 1 amide bonds. The van der Waals surface area contributed by atoms with Crippen LogP contribution in [0.4, 0.5) is 5.13 Å². The summed E-state index contributed by atoms with van der Waals surface area (Å²) in [5, 5.41) is 11.5. The number of aryl methyl sites for hydroxylation is 1. The van der Waals surface area contributed by atoms with Crippen molar-refractivity contribution in [1.82, 2.24) is 4.98 Å². The van der Waals surface area contributed by atoms with Crippen molar-refractivity contribution in [2.24, 2.45) is 0 Å². The van der Waals surface area contributed by atoms with Crippen LogP contribution in [0.2, 0.25) is 0 Å². The fourth-order valence-electron chi connectivity index (χ4n) is 4.12. The highest BCUT2D eigenvalue weighted by Gasteiger charge is 2.48. The number of anilines is 1. The smallest absolute Gasteiger partial charge is 0.301 e. The average Bonchev–Trinajstić information content (AvgIpc) is 3.40. The van der Waals surface area contributed by atoms with E-state index in [0.29, 0.717) is 39.8 Å². The summed E-state index contributed by atoms with van der Waals surface area (Å²) in [6.45, 7) is 9.35. The topological polar surface area (TPSA) is 106 Å². The van der Waals surface area contributed by atoms with Crippen molar-refractivity contribution in [1.29, 1.82) is 0 Å². The van der Waals surface area contributed by atoms with Gasteiger partial charge in [0.15, 0.2) is 10.9 Å². The third-order valence-electron chi connectivity index (χ3n) is 5.74. The number of ether oxygens (including phenoxy) is 2. The molecule has 1 atom stereocenters. The largest absolute Gasteiger partial charge is 0.507 e. The Balaban J connectivity index is 1.90. The Labute approximate surface area is 218 Å². The Morgan fingerprint density at radius 1 is 1.16 bits per heavy atom. The maximum Gasteiger partial charge on any atom is 0.301 e. The number of Topliss-reactive ketones (excluding diaryl/α,β-unsaturated/α-hetero) is 2. The number of hydrogen-bond acceptors (Lipinski definition) is 8. The van der Waals surface area contributed by atoms with E-state index in [1.807, 2.05) is 6.92 Å². The molecule has 9 heteroatoms. The van der Waals surface area contributed by atoms with Crippen LogP contribution in [0.3, 0.4) is 0 Å². The lowest BCUT2D eigenvalue weighted by Gasteiger charge is -2.23. The summed E-state index contributed by atoms with van der Waals surface area (Å²) in [5.41, 5.74) is 1.26. The quantitative estimate of drug-likeness (QED) is 0.136. The number of rotatable bonds is 9. The second-order valence-electron chi connectivity index (χ2n) is 8.27. The highest BCUT2D eigenvalue weighted by atomic mass is 32.1. The SMILES string of the molecule is C=CCOc1cccc(C2C(=C(O)c3ccc(OCC)cc3)C(=O)C(=O)N2c2nc(C)c(C(C)=O)s2)c1. The molecular weight excluding hydrogens is 492 g/mol. The number of hydrogen-bond donors (Lipinski definition) is 1. The first-order chi connectivity index (χ1) is 17.8. The van der Waals surface area contributed by atoms with Gasteiger partial charge in [0, 0.05) is 12.5 Å². The van der Waals surface area contributed by atoms with E-state index in [1.54, 1.807) is 61.5 Å². The summed E-state index contributed by atoms with van der Waals surface area (Å²) in [7, 11) is 0. The molecular formula is C28H26N2O6S. The van der Waals surface area contributed by atoms with Crippen molar-refractivity contribution in [3.05, 3.63) is 88.5 Å². The third kappa shape index (κ3) is 5.03. The number of amides is 1. The minimum absolute atomic E-state index is 0.0905. The maximum absolute atomic E-state index is 13.4. The van der Waals surface area contributed by atoms with E-state index in [0.717, 1.165) is 11.3 Å². The van der Waals surface area contributed by atoms with Crippen LogP contribution in [0.25, 0.3) is 5.76 Å². The lowest BCUT2D eigenvalue weighted by molar-refractivity contribution is -0.132. The Morgan fingerprint density at radius 3 is 2.51 bits per heavy atom. The van der Waals surface area contributed by atoms with Gasteiger partial charge in [0.25, 0.3) is 5.78 Å². The van der Waals surface area contributed by atoms with Crippen LogP contribution in [0, 0.1) is 6.92 Å². The van der Waals surface area contributed by atoms with E-state index >= 15 is 0 Å². The van der Waals surface area contributed by atoms with Gasteiger partial charge < -0.3 is 14.6 Å². The minimum Gasteiger partial charge on any atom is -0.507 e. The number of ketones is 2. The zero-order valence-corrected chi connectivity index (χ0v) is 21.5. The molecule has 1 aliphatic rings. The summed E-state index contributed by atoms with van der Waals surface area (Å²) in [6.07, 6.45) is 1.60. The second kappa shape index (κ2) is 10.8. The molecule has 0 aliphatic carbocycles. The number of aliphatic hydroxyl groups is 1. The zero-order valence-electron chi connectivity index (χ0n) is 20.7. The molecule has 0 radical (unpaired) electrons. The van der Waals surface area contributed by atoms with Gasteiger partial charge in [-0.1, -0.05) is 36.1 Å². The number of thiazole rings is 1. The molecule has 2 aromatic carbocycles. The molecule has 0 bridgehead atoms. The number of aliphatic hydroxyl groups excluding tert-OH is 1. The number of carbonyl (C=O) groups is 3. The fraction of sp³-hybridized carbons (Fsp3) is 0.214. The van der Waals surface area contributed by atoms with Crippen molar-refractivity contribution in [2.45, 2.75) is 26.8 Å². The van der Waals surface area contributed by atoms with Gasteiger partial charge in [-0.3, -0.25) is 19.3 Å². The first kappa shape index (κ1) is 25.8. The van der Waals surface area contributed by atoms with Crippen LogP contribution < -0.4 is 14.4 Å². The monoisotopic (exact) mass is 518 g/mol. The lowest BCUT2D eigenvalue weighted by Crippen LogP contribution is -2.29. The lowest BCUT2D eigenvalue weighted by atomic mass is 9.95. The summed E-state index contributed by atoms with van der Waals surface area (Å²) in [5.74, 6) is -1.11.